The molecule has 134 valence electrons. The lowest BCUT2D eigenvalue weighted by Gasteiger charge is -2.31. The Balaban J connectivity index is 0.000000158. The summed E-state index contributed by atoms with van der Waals surface area (Å²) >= 11 is 0. The normalized spacial score (nSPS) is 16.5. The van der Waals surface area contributed by atoms with Gasteiger partial charge in [0.05, 0.1) is 0 Å². The van der Waals surface area contributed by atoms with Gasteiger partial charge >= 0.3 is 0 Å². The molecule has 5 heteroatoms. The van der Waals surface area contributed by atoms with Gasteiger partial charge in [-0.05, 0) is 43.0 Å². The predicted octanol–water partition coefficient (Wildman–Crippen LogP) is 4.30. The number of nitrogens with zero attached hydrogens (tertiary/aromatic N) is 3. The summed E-state index contributed by atoms with van der Waals surface area (Å²) in [6.07, 6.45) is 3.71. The van der Waals surface area contributed by atoms with Crippen LogP contribution in [0.25, 0.3) is 11.5 Å². The van der Waals surface area contributed by atoms with Crippen molar-refractivity contribution in [3.05, 3.63) is 72.6 Å². The van der Waals surface area contributed by atoms with Crippen molar-refractivity contribution < 1.29 is 9.21 Å². The van der Waals surface area contributed by atoms with Crippen molar-refractivity contribution in [1.29, 1.82) is 0 Å². The Morgan fingerprint density at radius 1 is 1.08 bits per heavy atom. The molecule has 2 aromatic carbocycles. The number of carbonyl (C=O) groups excluding carboxylic acids is 1. The second kappa shape index (κ2) is 8.94. The van der Waals surface area contributed by atoms with Crippen molar-refractivity contribution in [1.82, 2.24) is 15.1 Å². The zero-order chi connectivity index (χ0) is 18.2. The molecule has 3 aromatic rings. The average molecular weight is 349 g/mol. The van der Waals surface area contributed by atoms with Gasteiger partial charge in [0.1, 0.15) is 0 Å². The van der Waals surface area contributed by atoms with Gasteiger partial charge in [-0.25, -0.2) is 0 Å². The molecule has 26 heavy (non-hydrogen) atoms. The molecule has 1 aromatic heterocycles. The van der Waals surface area contributed by atoms with E-state index in [0.29, 0.717) is 11.8 Å². The molecule has 1 aliphatic rings. The van der Waals surface area contributed by atoms with Crippen LogP contribution in [0.4, 0.5) is 0 Å². The molecule has 0 aliphatic carbocycles. The van der Waals surface area contributed by atoms with Crippen molar-refractivity contribution in [2.24, 2.45) is 5.92 Å². The van der Waals surface area contributed by atoms with Gasteiger partial charge in [0.2, 0.25) is 12.3 Å². The first-order valence-corrected chi connectivity index (χ1v) is 8.90. The lowest BCUT2D eigenvalue weighted by molar-refractivity contribution is 0.0683. The van der Waals surface area contributed by atoms with Gasteiger partial charge in [0.25, 0.3) is 5.91 Å². The van der Waals surface area contributed by atoms with Crippen LogP contribution in [0.2, 0.25) is 0 Å². The number of carbonyl (C=O) groups is 1. The van der Waals surface area contributed by atoms with E-state index in [1.165, 1.54) is 12.8 Å². The fourth-order valence-electron chi connectivity index (χ4n) is 3.02. The van der Waals surface area contributed by atoms with E-state index in [9.17, 15) is 4.79 Å². The van der Waals surface area contributed by atoms with Crippen molar-refractivity contribution in [2.45, 2.75) is 19.8 Å². The summed E-state index contributed by atoms with van der Waals surface area (Å²) in [4.78, 5) is 14.0. The summed E-state index contributed by atoms with van der Waals surface area (Å²) in [5.74, 6) is 1.39. The third kappa shape index (κ3) is 4.79. The lowest BCUT2D eigenvalue weighted by atomic mass is 9.99. The standard InChI is InChI=1S/C13H17NO.C8H6N2O/c1-11-6-5-9-14(10-11)13(15)12-7-3-2-4-8-12;1-2-4-7(5-3-1)8-10-9-6-11-8/h2-4,7-8,11H,5-6,9-10H2,1H3;1-6H. The van der Waals surface area contributed by atoms with Crippen LogP contribution in [-0.4, -0.2) is 34.1 Å². The highest BCUT2D eigenvalue weighted by Gasteiger charge is 2.21. The van der Waals surface area contributed by atoms with Gasteiger partial charge in [-0.3, -0.25) is 4.79 Å². The summed E-state index contributed by atoms with van der Waals surface area (Å²) in [6, 6.07) is 19.2. The van der Waals surface area contributed by atoms with Crippen molar-refractivity contribution in [3.63, 3.8) is 0 Å². The van der Waals surface area contributed by atoms with Crippen LogP contribution < -0.4 is 0 Å². The molecule has 1 unspecified atom stereocenters. The van der Waals surface area contributed by atoms with Crippen LogP contribution >= 0.6 is 0 Å². The second-order valence-electron chi connectivity index (χ2n) is 6.47. The smallest absolute Gasteiger partial charge is 0.253 e. The van der Waals surface area contributed by atoms with E-state index in [2.05, 4.69) is 17.1 Å². The average Bonchev–Trinajstić information content (AvgIpc) is 3.24. The van der Waals surface area contributed by atoms with Crippen LogP contribution in [-0.2, 0) is 0 Å². The molecule has 5 nitrogen and oxygen atoms in total. The second-order valence-corrected chi connectivity index (χ2v) is 6.47. The highest BCUT2D eigenvalue weighted by molar-refractivity contribution is 5.94. The molecular formula is C21H23N3O2. The van der Waals surface area contributed by atoms with Gasteiger partial charge in [-0.2, -0.15) is 0 Å². The molecular weight excluding hydrogens is 326 g/mol. The molecule has 1 aliphatic heterocycles. The van der Waals surface area contributed by atoms with E-state index in [0.717, 1.165) is 30.6 Å². The molecule has 0 N–H and O–H groups in total. The number of amides is 1. The van der Waals surface area contributed by atoms with E-state index >= 15 is 0 Å². The number of likely N-dealkylation sites (tertiary alicyclic amines) is 1. The molecule has 0 spiro atoms. The monoisotopic (exact) mass is 349 g/mol. The van der Waals surface area contributed by atoms with Gasteiger partial charge in [-0.1, -0.05) is 43.3 Å². The minimum atomic E-state index is 0.183. The Morgan fingerprint density at radius 2 is 1.77 bits per heavy atom. The molecule has 2 heterocycles. The molecule has 1 atom stereocenters. The van der Waals surface area contributed by atoms with Crippen LogP contribution in [0.15, 0.2) is 71.5 Å². The van der Waals surface area contributed by atoms with Crippen LogP contribution in [0.3, 0.4) is 0 Å². The summed E-state index contributed by atoms with van der Waals surface area (Å²) in [5.41, 5.74) is 1.76. The Hall–Kier alpha value is -2.95. The summed E-state index contributed by atoms with van der Waals surface area (Å²) in [6.45, 7) is 4.04. The van der Waals surface area contributed by atoms with Gasteiger partial charge in [-0.15, -0.1) is 10.2 Å². The van der Waals surface area contributed by atoms with Crippen molar-refractivity contribution >= 4 is 5.91 Å². The first kappa shape index (κ1) is 17.9. The maximum Gasteiger partial charge on any atom is 0.253 e. The Kier molecular flexibility index (Phi) is 6.14. The number of aromatic nitrogens is 2. The highest BCUT2D eigenvalue weighted by atomic mass is 16.4. The molecule has 1 saturated heterocycles. The van der Waals surface area contributed by atoms with Crippen molar-refractivity contribution in [2.75, 3.05) is 13.1 Å². The topological polar surface area (TPSA) is 59.2 Å². The van der Waals surface area contributed by atoms with Crippen molar-refractivity contribution in [3.8, 4) is 11.5 Å². The first-order valence-electron chi connectivity index (χ1n) is 8.90. The fourth-order valence-corrected chi connectivity index (χ4v) is 3.02. The van der Waals surface area contributed by atoms with Crippen LogP contribution in [0.5, 0.6) is 0 Å². The minimum Gasteiger partial charge on any atom is -0.423 e. The number of piperidine rings is 1. The highest BCUT2D eigenvalue weighted by Crippen LogP contribution is 2.17. The SMILES string of the molecule is CC1CCCN(C(=O)c2ccccc2)C1.c1ccc(-c2nnco2)cc1. The molecule has 0 bridgehead atoms. The van der Waals surface area contributed by atoms with E-state index < -0.39 is 0 Å². The molecule has 0 saturated carbocycles. The van der Waals surface area contributed by atoms with Crippen LogP contribution in [0.1, 0.15) is 30.1 Å². The minimum absolute atomic E-state index is 0.183. The summed E-state index contributed by atoms with van der Waals surface area (Å²) < 4.78 is 5.00. The summed E-state index contributed by atoms with van der Waals surface area (Å²) in [7, 11) is 0. The fraction of sp³-hybridized carbons (Fsp3) is 0.286. The van der Waals surface area contributed by atoms with Gasteiger partial charge in [0, 0.05) is 24.2 Å². The predicted molar refractivity (Wildman–Crippen MR) is 100 cm³/mol. The Bertz CT molecular complexity index is 789. The molecule has 4 rings (SSSR count). The molecule has 1 fully saturated rings. The Labute approximate surface area is 153 Å². The lowest BCUT2D eigenvalue weighted by Crippen LogP contribution is -2.39. The van der Waals surface area contributed by atoms with E-state index in [4.69, 9.17) is 4.42 Å². The zero-order valence-corrected chi connectivity index (χ0v) is 14.9. The first-order chi connectivity index (χ1) is 12.7. The van der Waals surface area contributed by atoms with E-state index in [-0.39, 0.29) is 5.91 Å². The van der Waals surface area contributed by atoms with Gasteiger partial charge < -0.3 is 9.32 Å². The zero-order valence-electron chi connectivity index (χ0n) is 14.9. The Morgan fingerprint density at radius 3 is 2.38 bits per heavy atom. The quantitative estimate of drug-likeness (QED) is 0.692. The summed E-state index contributed by atoms with van der Waals surface area (Å²) in [5, 5.41) is 7.35. The van der Waals surface area contributed by atoms with E-state index in [1.807, 2.05) is 65.6 Å². The van der Waals surface area contributed by atoms with E-state index in [1.54, 1.807) is 0 Å². The largest absolute Gasteiger partial charge is 0.423 e. The number of rotatable bonds is 2. The third-order valence-electron chi connectivity index (χ3n) is 4.35. The van der Waals surface area contributed by atoms with Gasteiger partial charge in [0.15, 0.2) is 0 Å². The number of hydrogen-bond donors (Lipinski definition) is 0. The van der Waals surface area contributed by atoms with Crippen LogP contribution in [0, 0.1) is 5.92 Å². The maximum atomic E-state index is 12.1. The number of benzene rings is 2. The number of hydrogen-bond acceptors (Lipinski definition) is 4. The molecule has 1 amide bonds. The maximum absolute atomic E-state index is 12.1. The third-order valence-corrected chi connectivity index (χ3v) is 4.35. The molecule has 0 radical (unpaired) electrons.